The maximum Gasteiger partial charge on any atom is 0.164 e. The summed E-state index contributed by atoms with van der Waals surface area (Å²) in [4.78, 5) is 25.6. The zero-order chi connectivity index (χ0) is 79.1. The molecule has 120 heavy (non-hydrogen) atoms. The topological polar surface area (TPSA) is 84.2 Å². The smallest absolute Gasteiger partial charge is 0.164 e. The van der Waals surface area contributed by atoms with E-state index in [9.17, 15) is 0 Å². The van der Waals surface area contributed by atoms with E-state index in [2.05, 4.69) is 400 Å². The van der Waals surface area contributed by atoms with Crippen molar-refractivity contribution in [1.29, 1.82) is 0 Å². The molecule has 0 N–H and O–H groups in total. The molecule has 0 radical (unpaired) electrons. The first-order valence-electron chi connectivity index (χ1n) is 40.7. The van der Waals surface area contributed by atoms with Crippen LogP contribution in [0.15, 0.2) is 431 Å². The van der Waals surface area contributed by atoms with Gasteiger partial charge in [0.1, 0.15) is 0 Å². The monoisotopic (exact) mass is 1530 g/mol. The Bertz CT molecular complexity index is 7620. The molecule has 0 fully saturated rings. The van der Waals surface area contributed by atoms with Crippen LogP contribution in [0.3, 0.4) is 0 Å². The SMILES string of the molecule is c1ccc(-c2ccc(-c3cc(-c4ccccc4)nc(-c4ccc5ccc(-n6c7ccccc7c7c6ccc6c8ccccc8n(-c8ccccc8)c67)cc5c4)n3)cc2)cc1.c1ccc(-c2ccc(-c3nc(-c4ccccc4)nc(-c4ccc5ccc(-n6c7ccccc7c7c6ccc6c8ccccc8n(-c8ccccc8)c67)cc5c4)n3)cc2)cc1. The average Bonchev–Trinajstić information content (AvgIpc) is 1.55. The van der Waals surface area contributed by atoms with Gasteiger partial charge >= 0.3 is 0 Å². The second kappa shape index (κ2) is 28.9. The van der Waals surface area contributed by atoms with Crippen molar-refractivity contribution in [1.82, 2.24) is 43.2 Å². The highest BCUT2D eigenvalue weighted by molar-refractivity contribution is 6.28. The van der Waals surface area contributed by atoms with Gasteiger partial charge in [0.25, 0.3) is 0 Å². The molecule has 0 aliphatic heterocycles. The Morgan fingerprint density at radius 2 is 0.442 bits per heavy atom. The van der Waals surface area contributed by atoms with E-state index in [0.29, 0.717) is 23.3 Å². The molecule has 0 unspecified atom stereocenters. The molecular weight excluding hydrogens is 1460 g/mol. The first kappa shape index (κ1) is 69.3. The first-order chi connectivity index (χ1) is 59.5. The minimum atomic E-state index is 0.631. The standard InChI is InChI=1S/C56H36N4.C55H35N5/c1-4-14-37(15-5-1)38-24-27-41(28-25-38)50-36-49(40-16-6-2-7-17-40)57-56(58-50)42-29-26-39-30-31-45(35-43(39)34-42)59-52-23-13-11-21-48(52)54-53(59)33-32-47-46-20-10-12-22-51(46)60(55(47)54)44-18-8-3-9-19-44;1-4-14-36(15-5-1)37-24-27-40(28-25-37)54-56-53(39-16-6-2-7-17-39)57-55(58-54)41-29-26-38-30-31-44(35-42(38)34-41)59-49-23-13-11-21-47(49)51-50(59)33-32-46-45-20-10-12-22-48(45)60(52(46)51)43-18-8-3-9-19-43/h1-36H;1-35H. The lowest BCUT2D eigenvalue weighted by Crippen LogP contribution is -2.00. The molecule has 0 spiro atoms. The van der Waals surface area contributed by atoms with Crippen molar-refractivity contribution in [2.45, 2.75) is 0 Å². The molecule has 9 heteroatoms. The van der Waals surface area contributed by atoms with Gasteiger partial charge in [-0.1, -0.05) is 328 Å². The summed E-state index contributed by atoms with van der Waals surface area (Å²) in [6, 6.07) is 153. The van der Waals surface area contributed by atoms with Crippen LogP contribution in [0.1, 0.15) is 0 Å². The zero-order valence-corrected chi connectivity index (χ0v) is 65.0. The molecule has 24 aromatic rings. The highest BCUT2D eigenvalue weighted by Gasteiger charge is 2.25. The van der Waals surface area contributed by atoms with E-state index in [1.807, 2.05) is 48.5 Å². The molecule has 18 aromatic carbocycles. The fourth-order valence-electron chi connectivity index (χ4n) is 18.0. The van der Waals surface area contributed by atoms with Crippen LogP contribution in [0.4, 0.5) is 0 Å². The molecule has 6 aromatic heterocycles. The van der Waals surface area contributed by atoms with Crippen LogP contribution in [0, 0.1) is 0 Å². The van der Waals surface area contributed by atoms with Crippen molar-refractivity contribution in [2.24, 2.45) is 0 Å². The van der Waals surface area contributed by atoms with Gasteiger partial charge in [0.15, 0.2) is 23.3 Å². The third-order valence-corrected chi connectivity index (χ3v) is 23.7. The normalized spacial score (nSPS) is 11.7. The third-order valence-electron chi connectivity index (χ3n) is 23.7. The minimum Gasteiger partial charge on any atom is -0.309 e. The van der Waals surface area contributed by atoms with Gasteiger partial charge in [0.2, 0.25) is 0 Å². The Labute approximate surface area is 691 Å². The fraction of sp³-hybridized carbons (Fsp3) is 0. The van der Waals surface area contributed by atoms with Gasteiger partial charge in [-0.2, -0.15) is 0 Å². The molecule has 9 nitrogen and oxygen atoms in total. The molecule has 0 amide bonds. The highest BCUT2D eigenvalue weighted by Crippen LogP contribution is 2.46. The Hall–Kier alpha value is -16.2. The Kier molecular flexibility index (Phi) is 16.7. The van der Waals surface area contributed by atoms with Crippen LogP contribution in [-0.2, 0) is 0 Å². The van der Waals surface area contributed by atoms with E-state index >= 15 is 0 Å². The second-order valence-electron chi connectivity index (χ2n) is 30.7. The molecule has 0 aliphatic carbocycles. The molecular formula is C111H71N9. The van der Waals surface area contributed by atoms with Crippen molar-refractivity contribution >= 4 is 109 Å². The van der Waals surface area contributed by atoms with E-state index in [0.717, 1.165) is 106 Å². The Morgan fingerprint density at radius 3 is 0.867 bits per heavy atom. The fourth-order valence-corrected chi connectivity index (χ4v) is 18.0. The predicted molar refractivity (Wildman–Crippen MR) is 498 cm³/mol. The van der Waals surface area contributed by atoms with E-state index in [1.165, 1.54) is 92.9 Å². The summed E-state index contributed by atoms with van der Waals surface area (Å²) in [6.45, 7) is 0. The van der Waals surface area contributed by atoms with Gasteiger partial charge in [-0.15, -0.1) is 0 Å². The Morgan fingerprint density at radius 1 is 0.150 bits per heavy atom. The second-order valence-corrected chi connectivity index (χ2v) is 30.7. The zero-order valence-electron chi connectivity index (χ0n) is 65.0. The van der Waals surface area contributed by atoms with Crippen LogP contribution in [-0.4, -0.2) is 43.2 Å². The number of para-hydroxylation sites is 6. The number of fused-ring (bicyclic) bond motifs is 16. The summed E-state index contributed by atoms with van der Waals surface area (Å²) in [5.41, 5.74) is 26.3. The van der Waals surface area contributed by atoms with Gasteiger partial charge < -0.3 is 18.3 Å². The van der Waals surface area contributed by atoms with Gasteiger partial charge in [-0.3, -0.25) is 0 Å². The third kappa shape index (κ3) is 12.0. The molecule has 0 saturated carbocycles. The predicted octanol–water partition coefficient (Wildman–Crippen LogP) is 28.4. The summed E-state index contributed by atoms with van der Waals surface area (Å²) in [6.07, 6.45) is 0. The van der Waals surface area contributed by atoms with Crippen LogP contribution in [0.5, 0.6) is 0 Å². The van der Waals surface area contributed by atoms with Crippen LogP contribution in [0.2, 0.25) is 0 Å². The van der Waals surface area contributed by atoms with Crippen molar-refractivity contribution in [3.05, 3.63) is 431 Å². The lowest BCUT2D eigenvalue weighted by Gasteiger charge is -2.12. The Balaban J connectivity index is 0.000000140. The number of benzene rings is 18. The van der Waals surface area contributed by atoms with Gasteiger partial charge in [-0.05, 0) is 147 Å². The summed E-state index contributed by atoms with van der Waals surface area (Å²) in [5.74, 6) is 2.60. The number of nitrogens with zero attached hydrogens (tertiary/aromatic N) is 9. The number of hydrogen-bond donors (Lipinski definition) is 0. The molecule has 0 bridgehead atoms. The summed E-state index contributed by atoms with van der Waals surface area (Å²) in [5, 5.41) is 14.4. The van der Waals surface area contributed by atoms with E-state index < -0.39 is 0 Å². The summed E-state index contributed by atoms with van der Waals surface area (Å²) in [7, 11) is 0. The average molecular weight is 1530 g/mol. The van der Waals surface area contributed by atoms with Crippen LogP contribution >= 0.6 is 0 Å². The maximum atomic E-state index is 5.22. The van der Waals surface area contributed by atoms with Crippen LogP contribution in [0.25, 0.3) is 222 Å². The van der Waals surface area contributed by atoms with E-state index in [1.54, 1.807) is 0 Å². The largest absolute Gasteiger partial charge is 0.309 e. The highest BCUT2D eigenvalue weighted by atomic mass is 15.0. The van der Waals surface area contributed by atoms with Crippen molar-refractivity contribution < 1.29 is 0 Å². The number of hydrogen-bond acceptors (Lipinski definition) is 5. The molecule has 0 aliphatic rings. The molecule has 0 atom stereocenters. The van der Waals surface area contributed by atoms with Gasteiger partial charge in [0.05, 0.1) is 55.5 Å². The minimum absolute atomic E-state index is 0.631. The summed E-state index contributed by atoms with van der Waals surface area (Å²) < 4.78 is 9.70. The molecule has 560 valence electrons. The maximum absolute atomic E-state index is 5.22. The van der Waals surface area contributed by atoms with Crippen molar-refractivity contribution in [3.63, 3.8) is 0 Å². The van der Waals surface area contributed by atoms with Gasteiger partial charge in [0, 0.05) is 99.2 Å². The molecule has 6 heterocycles. The van der Waals surface area contributed by atoms with Crippen molar-refractivity contribution in [3.8, 4) is 113 Å². The van der Waals surface area contributed by atoms with Crippen LogP contribution < -0.4 is 0 Å². The quantitative estimate of drug-likeness (QED) is 0.122. The van der Waals surface area contributed by atoms with Gasteiger partial charge in [-0.25, -0.2) is 24.9 Å². The lowest BCUT2D eigenvalue weighted by atomic mass is 10.0. The summed E-state index contributed by atoms with van der Waals surface area (Å²) >= 11 is 0. The molecule has 24 rings (SSSR count). The first-order valence-corrected chi connectivity index (χ1v) is 40.7. The number of aromatic nitrogens is 9. The lowest BCUT2D eigenvalue weighted by molar-refractivity contribution is 1.07. The molecule has 0 saturated heterocycles. The van der Waals surface area contributed by atoms with Crippen molar-refractivity contribution in [2.75, 3.05) is 0 Å². The number of rotatable bonds is 12. The van der Waals surface area contributed by atoms with E-state index in [-0.39, 0.29) is 0 Å². The van der Waals surface area contributed by atoms with E-state index in [4.69, 9.17) is 24.9 Å².